The molecule has 3 aromatic rings. The molecule has 0 bridgehead atoms. The molecule has 0 aromatic heterocycles. The highest BCUT2D eigenvalue weighted by Gasteiger charge is 2.15. The van der Waals surface area contributed by atoms with Gasteiger partial charge in [-0.25, -0.2) is 9.37 Å². The van der Waals surface area contributed by atoms with E-state index in [0.29, 0.717) is 12.0 Å². The number of hydrogen-bond donors (Lipinski definition) is 0. The molecule has 3 rings (SSSR count). The second kappa shape index (κ2) is 8.26. The van der Waals surface area contributed by atoms with Crippen LogP contribution in [0.3, 0.4) is 0 Å². The molecule has 0 radical (unpaired) electrons. The Morgan fingerprint density at radius 3 is 2.54 bits per heavy atom. The fourth-order valence-electron chi connectivity index (χ4n) is 2.90. The van der Waals surface area contributed by atoms with E-state index in [1.807, 2.05) is 80.0 Å². The summed E-state index contributed by atoms with van der Waals surface area (Å²) in [6.07, 6.45) is 4.53. The summed E-state index contributed by atoms with van der Waals surface area (Å²) in [5, 5.41) is 2.18. The Balaban J connectivity index is 1.90. The van der Waals surface area contributed by atoms with Gasteiger partial charge in [-0.3, -0.25) is 0 Å². The smallest absolute Gasteiger partial charge is 0.338 e. The summed E-state index contributed by atoms with van der Waals surface area (Å²) in [6.45, 7) is 4.07. The summed E-state index contributed by atoms with van der Waals surface area (Å²) >= 11 is 0. The monoisotopic (exact) mass is 344 g/mol. The van der Waals surface area contributed by atoms with Gasteiger partial charge in [-0.15, -0.1) is 0 Å². The average molecular weight is 344 g/mol. The van der Waals surface area contributed by atoms with Gasteiger partial charge in [0.25, 0.3) is 0 Å². The van der Waals surface area contributed by atoms with E-state index in [1.165, 1.54) is 0 Å². The van der Waals surface area contributed by atoms with Gasteiger partial charge in [-0.05, 0) is 40.5 Å². The molecule has 0 atom stereocenters. The maximum Gasteiger partial charge on any atom is 0.338 e. The highest BCUT2D eigenvalue weighted by molar-refractivity contribution is 5.99. The van der Waals surface area contributed by atoms with Crippen LogP contribution in [0.2, 0.25) is 0 Å². The number of nitrogens with zero attached hydrogens (tertiary/aromatic N) is 1. The van der Waals surface area contributed by atoms with Crippen LogP contribution in [-0.4, -0.2) is 24.3 Å². The molecular formula is C23H22NO2+. The minimum Gasteiger partial charge on any atom is -0.457 e. The topological polar surface area (TPSA) is 29.3 Å². The van der Waals surface area contributed by atoms with Gasteiger partial charge >= 0.3 is 5.97 Å². The number of fused-ring (bicyclic) bond motifs is 1. The third-order valence-electron chi connectivity index (χ3n) is 4.16. The van der Waals surface area contributed by atoms with Crippen molar-refractivity contribution in [3.05, 3.63) is 95.7 Å². The summed E-state index contributed by atoms with van der Waals surface area (Å²) in [5.74, 6) is -0.300. The first kappa shape index (κ1) is 17.6. The van der Waals surface area contributed by atoms with Gasteiger partial charge in [0.2, 0.25) is 0 Å². The van der Waals surface area contributed by atoms with Crippen molar-refractivity contribution >= 4 is 23.5 Å². The molecule has 3 aromatic carbocycles. The number of hydrogen-bond acceptors (Lipinski definition) is 2. The summed E-state index contributed by atoms with van der Waals surface area (Å²) < 4.78 is 7.28. The fourth-order valence-corrected chi connectivity index (χ4v) is 2.90. The lowest BCUT2D eigenvalue weighted by atomic mass is 9.96. The molecule has 130 valence electrons. The molecule has 0 N–H and O–H groups in total. The molecule has 26 heavy (non-hydrogen) atoms. The van der Waals surface area contributed by atoms with Crippen LogP contribution in [0.5, 0.6) is 0 Å². The van der Waals surface area contributed by atoms with Crippen molar-refractivity contribution in [2.45, 2.75) is 13.0 Å². The van der Waals surface area contributed by atoms with Crippen molar-refractivity contribution < 1.29 is 14.1 Å². The summed E-state index contributed by atoms with van der Waals surface area (Å²) in [7, 11) is 1.87. The van der Waals surface area contributed by atoms with Crippen LogP contribution in [0, 0.1) is 0 Å². The van der Waals surface area contributed by atoms with E-state index in [9.17, 15) is 4.79 Å². The lowest BCUT2D eigenvalue weighted by molar-refractivity contribution is -0.412. The van der Waals surface area contributed by atoms with Crippen molar-refractivity contribution in [2.75, 3.05) is 7.05 Å². The van der Waals surface area contributed by atoms with Crippen LogP contribution in [-0.2, 0) is 17.8 Å². The zero-order chi connectivity index (χ0) is 18.4. The first-order chi connectivity index (χ1) is 12.6. The molecule has 0 aliphatic rings. The Kier molecular flexibility index (Phi) is 5.59. The molecule has 0 saturated heterocycles. The summed E-state index contributed by atoms with van der Waals surface area (Å²) in [6, 6.07) is 21.6. The van der Waals surface area contributed by atoms with E-state index >= 15 is 0 Å². The molecule has 3 heteroatoms. The van der Waals surface area contributed by atoms with Crippen LogP contribution >= 0.6 is 0 Å². The van der Waals surface area contributed by atoms with Gasteiger partial charge in [-0.1, -0.05) is 60.7 Å². The van der Waals surface area contributed by atoms with Crippen LogP contribution in [0.4, 0.5) is 0 Å². The van der Waals surface area contributed by atoms with E-state index in [0.717, 1.165) is 21.9 Å². The molecule has 0 unspecified atom stereocenters. The highest BCUT2D eigenvalue weighted by atomic mass is 16.5. The van der Waals surface area contributed by atoms with Gasteiger partial charge in [0, 0.05) is 0 Å². The Labute approximate surface area is 153 Å². The third kappa shape index (κ3) is 4.25. The number of carbonyl (C=O) groups is 1. The summed E-state index contributed by atoms with van der Waals surface area (Å²) in [4.78, 5) is 12.7. The quantitative estimate of drug-likeness (QED) is 0.372. The maximum absolute atomic E-state index is 12.7. The average Bonchev–Trinajstić information content (AvgIpc) is 2.66. The predicted octanol–water partition coefficient (Wildman–Crippen LogP) is 4.60. The Bertz CT molecular complexity index is 958. The van der Waals surface area contributed by atoms with Gasteiger partial charge in [0.15, 0.2) is 6.20 Å². The van der Waals surface area contributed by atoms with Crippen molar-refractivity contribution in [3.8, 4) is 0 Å². The first-order valence-electron chi connectivity index (χ1n) is 8.57. The standard InChI is InChI=1S/C23H22NO2/c1-24(2)16-8-13-21-20-12-7-6-11-19(20)14-15-22(21)23(25)26-17-18-9-4-3-5-10-18/h3-12,14-16H,1,13,17H2,2H3/q+1/b16-8-. The molecule has 0 fully saturated rings. The Morgan fingerprint density at radius 2 is 1.77 bits per heavy atom. The number of rotatable bonds is 6. The Morgan fingerprint density at radius 1 is 1.04 bits per heavy atom. The van der Waals surface area contributed by atoms with Crippen molar-refractivity contribution in [3.63, 3.8) is 0 Å². The second-order valence-corrected chi connectivity index (χ2v) is 6.22. The second-order valence-electron chi connectivity index (χ2n) is 6.22. The van der Waals surface area contributed by atoms with Crippen molar-refractivity contribution in [1.29, 1.82) is 0 Å². The van der Waals surface area contributed by atoms with Crippen LogP contribution in [0.1, 0.15) is 21.5 Å². The molecule has 0 amide bonds. The zero-order valence-corrected chi connectivity index (χ0v) is 14.9. The molecular weight excluding hydrogens is 322 g/mol. The number of carbonyl (C=O) groups excluding carboxylic acids is 1. The molecule has 0 heterocycles. The molecule has 0 aliphatic carbocycles. The number of ether oxygens (including phenoxy) is 1. The van der Waals surface area contributed by atoms with Crippen molar-refractivity contribution in [1.82, 2.24) is 0 Å². The van der Waals surface area contributed by atoms with E-state index in [1.54, 1.807) is 4.58 Å². The fraction of sp³-hybridized carbons (Fsp3) is 0.130. The third-order valence-corrected chi connectivity index (χ3v) is 4.16. The molecule has 0 saturated carbocycles. The largest absolute Gasteiger partial charge is 0.457 e. The van der Waals surface area contributed by atoms with E-state index in [4.69, 9.17) is 4.74 Å². The predicted molar refractivity (Wildman–Crippen MR) is 106 cm³/mol. The number of esters is 1. The van der Waals surface area contributed by atoms with Crippen LogP contribution < -0.4 is 0 Å². The van der Waals surface area contributed by atoms with E-state index < -0.39 is 0 Å². The minimum absolute atomic E-state index is 0.267. The van der Waals surface area contributed by atoms with Gasteiger partial charge < -0.3 is 4.74 Å². The van der Waals surface area contributed by atoms with Crippen LogP contribution in [0.25, 0.3) is 10.8 Å². The molecule has 0 spiro atoms. The van der Waals surface area contributed by atoms with E-state index in [-0.39, 0.29) is 12.6 Å². The molecule has 0 aliphatic heterocycles. The number of allylic oxidation sites excluding steroid dienone is 1. The van der Waals surface area contributed by atoms with Crippen molar-refractivity contribution in [2.24, 2.45) is 0 Å². The van der Waals surface area contributed by atoms with Gasteiger partial charge in [0.05, 0.1) is 5.56 Å². The number of benzene rings is 3. The SMILES string of the molecule is C=[N+](C)/C=C\Cc1c(C(=O)OCc2ccccc2)ccc2ccccc12. The Hall–Kier alpha value is -3.20. The maximum atomic E-state index is 12.7. The normalized spacial score (nSPS) is 11.0. The van der Waals surface area contributed by atoms with E-state index in [2.05, 4.69) is 12.8 Å². The first-order valence-corrected chi connectivity index (χ1v) is 8.57. The van der Waals surface area contributed by atoms with Gasteiger partial charge in [-0.2, -0.15) is 0 Å². The summed E-state index contributed by atoms with van der Waals surface area (Å²) in [5.41, 5.74) is 2.55. The highest BCUT2D eigenvalue weighted by Crippen LogP contribution is 2.24. The van der Waals surface area contributed by atoms with Gasteiger partial charge in [0.1, 0.15) is 20.4 Å². The lowest BCUT2D eigenvalue weighted by Gasteiger charge is -2.12. The lowest BCUT2D eigenvalue weighted by Crippen LogP contribution is -2.09. The van der Waals surface area contributed by atoms with Crippen LogP contribution in [0.15, 0.2) is 79.0 Å². The molecule has 3 nitrogen and oxygen atoms in total. The zero-order valence-electron chi connectivity index (χ0n) is 14.9. The minimum atomic E-state index is -0.300.